The topological polar surface area (TPSA) is 17.1 Å². The van der Waals surface area contributed by atoms with E-state index in [4.69, 9.17) is 0 Å². The molecule has 0 spiro atoms. The van der Waals surface area contributed by atoms with Gasteiger partial charge in [0.2, 0.25) is 0 Å². The molecule has 0 bridgehead atoms. The lowest BCUT2D eigenvalue weighted by Gasteiger charge is -2.30. The molecule has 0 saturated carbocycles. The molecule has 1 aliphatic heterocycles. The number of carbonyl (C=O) groups is 1. The second-order valence-electron chi connectivity index (χ2n) is 4.33. The Morgan fingerprint density at radius 1 is 1.14 bits per heavy atom. The summed E-state index contributed by atoms with van der Waals surface area (Å²) in [5.74, 6) is 0. The van der Waals surface area contributed by atoms with Crippen LogP contribution >= 0.6 is 0 Å². The van der Waals surface area contributed by atoms with E-state index < -0.39 is 8.07 Å². The zero-order valence-electron chi connectivity index (χ0n) is 8.62. The molecule has 0 aromatic heterocycles. The minimum absolute atomic E-state index is 0.551. The first kappa shape index (κ1) is 9.65. The molecule has 1 nitrogen and oxygen atoms in total. The van der Waals surface area contributed by atoms with E-state index in [-0.39, 0.29) is 0 Å². The highest BCUT2D eigenvalue weighted by molar-refractivity contribution is 7.14. The van der Waals surface area contributed by atoms with Gasteiger partial charge in [-0.25, -0.2) is 0 Å². The standard InChI is InChI=1S/C12H16OSi/c1-14(10-6-5-9-12(14)13)11-7-3-2-4-8-11/h2-4,7-8H,5-6,9-10H2,1H3. The van der Waals surface area contributed by atoms with Crippen molar-refractivity contribution in [2.24, 2.45) is 0 Å². The lowest BCUT2D eigenvalue weighted by molar-refractivity contribution is -0.113. The minimum Gasteiger partial charge on any atom is -0.305 e. The number of hydrogen-bond acceptors (Lipinski definition) is 1. The molecule has 1 aromatic rings. The Hall–Kier alpha value is -0.893. The van der Waals surface area contributed by atoms with Crippen LogP contribution in [0.1, 0.15) is 19.3 Å². The summed E-state index contributed by atoms with van der Waals surface area (Å²) < 4.78 is 0. The molecule has 0 amide bonds. The average Bonchev–Trinajstić information content (AvgIpc) is 2.24. The number of benzene rings is 1. The van der Waals surface area contributed by atoms with Crippen molar-refractivity contribution in [2.75, 3.05) is 0 Å². The first-order valence-electron chi connectivity index (χ1n) is 5.32. The van der Waals surface area contributed by atoms with E-state index in [1.807, 2.05) is 6.07 Å². The van der Waals surface area contributed by atoms with Crippen LogP contribution < -0.4 is 5.19 Å². The fourth-order valence-corrected chi connectivity index (χ4v) is 5.79. The van der Waals surface area contributed by atoms with Crippen LogP contribution in [0.4, 0.5) is 0 Å². The second kappa shape index (κ2) is 3.69. The molecule has 2 heteroatoms. The maximum absolute atomic E-state index is 12.0. The molecule has 1 fully saturated rings. The zero-order chi connectivity index (χ0) is 10.0. The molecular formula is C12H16OSi. The van der Waals surface area contributed by atoms with Crippen LogP contribution in [-0.4, -0.2) is 13.5 Å². The van der Waals surface area contributed by atoms with Gasteiger partial charge in [-0.1, -0.05) is 48.5 Å². The van der Waals surface area contributed by atoms with Gasteiger partial charge in [0.15, 0.2) is 8.07 Å². The summed E-state index contributed by atoms with van der Waals surface area (Å²) in [6.45, 7) is 2.23. The third-order valence-electron chi connectivity index (χ3n) is 3.36. The summed E-state index contributed by atoms with van der Waals surface area (Å²) in [6.07, 6.45) is 3.16. The van der Waals surface area contributed by atoms with Crippen molar-refractivity contribution in [2.45, 2.75) is 31.9 Å². The highest BCUT2D eigenvalue weighted by Crippen LogP contribution is 2.24. The van der Waals surface area contributed by atoms with Gasteiger partial charge in [-0.15, -0.1) is 0 Å². The fraction of sp³-hybridized carbons (Fsp3) is 0.417. The van der Waals surface area contributed by atoms with Crippen molar-refractivity contribution < 1.29 is 4.79 Å². The summed E-state index contributed by atoms with van der Waals surface area (Å²) in [5.41, 5.74) is 0. The van der Waals surface area contributed by atoms with Gasteiger partial charge in [0, 0.05) is 6.42 Å². The van der Waals surface area contributed by atoms with Crippen molar-refractivity contribution in [1.82, 2.24) is 0 Å². The highest BCUT2D eigenvalue weighted by atomic mass is 28.3. The zero-order valence-corrected chi connectivity index (χ0v) is 9.62. The molecule has 1 heterocycles. The Bertz CT molecular complexity index is 333. The molecule has 1 unspecified atom stereocenters. The van der Waals surface area contributed by atoms with Crippen LogP contribution in [0.5, 0.6) is 0 Å². The maximum atomic E-state index is 12.0. The average molecular weight is 204 g/mol. The first-order valence-corrected chi connectivity index (χ1v) is 8.03. The van der Waals surface area contributed by atoms with Crippen molar-refractivity contribution in [3.8, 4) is 0 Å². The lowest BCUT2D eigenvalue weighted by atomic mass is 10.2. The molecule has 1 aliphatic rings. The molecule has 2 rings (SSSR count). The molecule has 74 valence electrons. The van der Waals surface area contributed by atoms with Crippen molar-refractivity contribution in [1.29, 1.82) is 0 Å². The molecule has 0 aliphatic carbocycles. The van der Waals surface area contributed by atoms with Crippen molar-refractivity contribution in [3.05, 3.63) is 30.3 Å². The van der Waals surface area contributed by atoms with E-state index in [1.165, 1.54) is 11.6 Å². The number of hydrogen-bond donors (Lipinski definition) is 0. The molecular weight excluding hydrogens is 188 g/mol. The normalized spacial score (nSPS) is 27.6. The van der Waals surface area contributed by atoms with E-state index in [0.29, 0.717) is 5.41 Å². The molecule has 1 saturated heterocycles. The van der Waals surface area contributed by atoms with Gasteiger partial charge in [-0.05, 0) is 12.5 Å². The van der Waals surface area contributed by atoms with E-state index in [0.717, 1.165) is 18.9 Å². The molecule has 1 aromatic carbocycles. The van der Waals surface area contributed by atoms with Gasteiger partial charge < -0.3 is 4.79 Å². The predicted molar refractivity (Wildman–Crippen MR) is 61.4 cm³/mol. The second-order valence-corrected chi connectivity index (χ2v) is 8.63. The number of rotatable bonds is 1. The van der Waals surface area contributed by atoms with Crippen LogP contribution in [0.2, 0.25) is 12.6 Å². The monoisotopic (exact) mass is 204 g/mol. The Balaban J connectivity index is 2.35. The van der Waals surface area contributed by atoms with Gasteiger partial charge >= 0.3 is 0 Å². The van der Waals surface area contributed by atoms with E-state index in [2.05, 4.69) is 30.8 Å². The van der Waals surface area contributed by atoms with Gasteiger partial charge in [0.25, 0.3) is 0 Å². The fourth-order valence-electron chi connectivity index (χ4n) is 2.29. The lowest BCUT2D eigenvalue weighted by Crippen LogP contribution is -2.54. The summed E-state index contributed by atoms with van der Waals surface area (Å²) in [5, 5.41) is 1.87. The quantitative estimate of drug-likeness (QED) is 0.641. The Labute approximate surface area is 86.2 Å². The van der Waals surface area contributed by atoms with Gasteiger partial charge in [0.05, 0.1) is 0 Å². The van der Waals surface area contributed by atoms with E-state index in [1.54, 1.807) is 0 Å². The van der Waals surface area contributed by atoms with Crippen LogP contribution in [0.25, 0.3) is 0 Å². The predicted octanol–water partition coefficient (Wildman–Crippen LogP) is 2.26. The highest BCUT2D eigenvalue weighted by Gasteiger charge is 2.38. The smallest absolute Gasteiger partial charge is 0.160 e. The molecule has 14 heavy (non-hydrogen) atoms. The SMILES string of the molecule is C[Si]1(c2ccccc2)CCCCC1=O. The van der Waals surface area contributed by atoms with Gasteiger partial charge in [-0.3, -0.25) is 0 Å². The summed E-state index contributed by atoms with van der Waals surface area (Å²) >= 11 is 0. The van der Waals surface area contributed by atoms with Crippen LogP contribution in [0, 0.1) is 0 Å². The van der Waals surface area contributed by atoms with Gasteiger partial charge in [0.1, 0.15) is 5.41 Å². The van der Waals surface area contributed by atoms with Crippen molar-refractivity contribution >= 4 is 18.7 Å². The van der Waals surface area contributed by atoms with Crippen molar-refractivity contribution in [3.63, 3.8) is 0 Å². The summed E-state index contributed by atoms with van der Waals surface area (Å²) in [6, 6.07) is 11.5. The third kappa shape index (κ3) is 1.54. The minimum atomic E-state index is -1.75. The van der Waals surface area contributed by atoms with Gasteiger partial charge in [-0.2, -0.15) is 0 Å². The Morgan fingerprint density at radius 3 is 2.50 bits per heavy atom. The van der Waals surface area contributed by atoms with E-state index in [9.17, 15) is 4.79 Å². The summed E-state index contributed by atoms with van der Waals surface area (Å²) in [4.78, 5) is 12.0. The van der Waals surface area contributed by atoms with Crippen LogP contribution in [0.15, 0.2) is 30.3 Å². The molecule has 1 atom stereocenters. The Kier molecular flexibility index (Phi) is 2.55. The first-order chi connectivity index (χ1) is 6.73. The molecule has 0 radical (unpaired) electrons. The molecule has 0 N–H and O–H groups in total. The van der Waals surface area contributed by atoms with Crippen LogP contribution in [-0.2, 0) is 4.79 Å². The van der Waals surface area contributed by atoms with Crippen LogP contribution in [0.3, 0.4) is 0 Å². The largest absolute Gasteiger partial charge is 0.305 e. The summed E-state index contributed by atoms with van der Waals surface area (Å²) in [7, 11) is -1.75. The third-order valence-corrected chi connectivity index (χ3v) is 7.80. The van der Waals surface area contributed by atoms with E-state index >= 15 is 0 Å². The number of carbonyl (C=O) groups excluding carboxylic acids is 1. The Morgan fingerprint density at radius 2 is 1.86 bits per heavy atom. The maximum Gasteiger partial charge on any atom is 0.160 e.